The second-order valence-corrected chi connectivity index (χ2v) is 7.46. The summed E-state index contributed by atoms with van der Waals surface area (Å²) in [5.41, 5.74) is 2.15. The van der Waals surface area contributed by atoms with Gasteiger partial charge in [0.05, 0.1) is 17.2 Å². The average Bonchev–Trinajstić information content (AvgIpc) is 3.35. The number of rotatable bonds is 4. The molecule has 2 amide bonds. The molecule has 9 heteroatoms. The Kier molecular flexibility index (Phi) is 5.12. The van der Waals surface area contributed by atoms with Gasteiger partial charge in [-0.05, 0) is 47.0 Å². The number of benzene rings is 1. The van der Waals surface area contributed by atoms with Crippen LogP contribution in [0.1, 0.15) is 11.4 Å². The zero-order valence-corrected chi connectivity index (χ0v) is 15.9. The second-order valence-electron chi connectivity index (χ2n) is 6.51. The van der Waals surface area contributed by atoms with Gasteiger partial charge in [0.25, 0.3) is 0 Å². The summed E-state index contributed by atoms with van der Waals surface area (Å²) in [5, 5.41) is 17.9. The highest BCUT2D eigenvalue weighted by Gasteiger charge is 2.23. The molecule has 3 heterocycles. The quantitative estimate of drug-likeness (QED) is 0.748. The van der Waals surface area contributed by atoms with Crippen molar-refractivity contribution in [2.45, 2.75) is 13.5 Å². The molecule has 0 aliphatic carbocycles. The van der Waals surface area contributed by atoms with E-state index in [1.165, 1.54) is 16.9 Å². The third kappa shape index (κ3) is 4.15. The number of thiophene rings is 1. The van der Waals surface area contributed by atoms with Crippen molar-refractivity contribution in [3.63, 3.8) is 0 Å². The van der Waals surface area contributed by atoms with Crippen molar-refractivity contribution in [1.29, 1.82) is 0 Å². The van der Waals surface area contributed by atoms with E-state index in [4.69, 9.17) is 0 Å². The minimum absolute atomic E-state index is 0.0402. The van der Waals surface area contributed by atoms with Crippen LogP contribution < -0.4 is 5.32 Å². The fraction of sp³-hybridized carbons (Fsp3) is 0.333. The van der Waals surface area contributed by atoms with Crippen LogP contribution in [0, 0.1) is 6.92 Å². The van der Waals surface area contributed by atoms with Crippen molar-refractivity contribution < 1.29 is 4.79 Å². The predicted octanol–water partition coefficient (Wildman–Crippen LogP) is 2.38. The summed E-state index contributed by atoms with van der Waals surface area (Å²) in [4.78, 5) is 16.4. The number of nitrogens with one attached hydrogen (secondary N) is 1. The minimum Gasteiger partial charge on any atom is -0.322 e. The fourth-order valence-corrected chi connectivity index (χ4v) is 3.64. The van der Waals surface area contributed by atoms with Crippen LogP contribution in [0.2, 0.25) is 0 Å². The maximum atomic E-state index is 12.3. The van der Waals surface area contributed by atoms with Gasteiger partial charge in [0.1, 0.15) is 0 Å². The van der Waals surface area contributed by atoms with Gasteiger partial charge in [-0.3, -0.25) is 10.2 Å². The van der Waals surface area contributed by atoms with Crippen LogP contribution in [-0.4, -0.2) is 62.2 Å². The number of carbonyl (C=O) groups excluding carboxylic acids is 1. The van der Waals surface area contributed by atoms with Crippen molar-refractivity contribution in [1.82, 2.24) is 30.0 Å². The molecule has 0 radical (unpaired) electrons. The number of carbonyl (C=O) groups is 1. The second kappa shape index (κ2) is 7.85. The molecule has 1 N–H and O–H groups in total. The van der Waals surface area contributed by atoms with Gasteiger partial charge in [-0.2, -0.15) is 4.68 Å². The van der Waals surface area contributed by atoms with Crippen molar-refractivity contribution >= 4 is 22.4 Å². The van der Waals surface area contributed by atoms with Gasteiger partial charge in [-0.25, -0.2) is 4.79 Å². The van der Waals surface area contributed by atoms with Gasteiger partial charge in [0, 0.05) is 26.2 Å². The number of amides is 2. The first-order valence-corrected chi connectivity index (χ1v) is 9.73. The number of hydrogen-bond donors (Lipinski definition) is 1. The van der Waals surface area contributed by atoms with Gasteiger partial charge < -0.3 is 4.90 Å². The third-order valence-electron chi connectivity index (χ3n) is 4.59. The Balaban J connectivity index is 1.34. The number of piperazine rings is 1. The van der Waals surface area contributed by atoms with E-state index >= 15 is 0 Å². The van der Waals surface area contributed by atoms with Crippen molar-refractivity contribution in [2.24, 2.45) is 0 Å². The van der Waals surface area contributed by atoms with Gasteiger partial charge in [0.2, 0.25) is 0 Å². The Morgan fingerprint density at radius 2 is 1.93 bits per heavy atom. The Morgan fingerprint density at radius 1 is 1.15 bits per heavy atom. The Morgan fingerprint density at radius 3 is 2.63 bits per heavy atom. The smallest absolute Gasteiger partial charge is 0.322 e. The number of aromatic nitrogens is 4. The Bertz CT molecular complexity index is 883. The summed E-state index contributed by atoms with van der Waals surface area (Å²) in [6, 6.07) is 11.9. The zero-order chi connectivity index (χ0) is 18.6. The van der Waals surface area contributed by atoms with E-state index < -0.39 is 0 Å². The maximum absolute atomic E-state index is 12.3. The highest BCUT2D eigenvalue weighted by Crippen LogP contribution is 2.17. The first-order valence-electron chi connectivity index (χ1n) is 8.85. The number of aryl methyl sites for hydroxylation is 1. The third-order valence-corrected chi connectivity index (χ3v) is 5.37. The molecule has 1 fully saturated rings. The molecule has 0 saturated carbocycles. The summed E-state index contributed by atoms with van der Waals surface area (Å²) < 4.78 is 1.77. The largest absolute Gasteiger partial charge is 0.322 e. The summed E-state index contributed by atoms with van der Waals surface area (Å²) in [6.07, 6.45) is 0. The van der Waals surface area contributed by atoms with Crippen LogP contribution in [0.15, 0.2) is 41.8 Å². The summed E-state index contributed by atoms with van der Waals surface area (Å²) in [7, 11) is 0. The molecule has 1 aliphatic heterocycles. The first kappa shape index (κ1) is 17.6. The van der Waals surface area contributed by atoms with Crippen LogP contribution in [0.5, 0.6) is 0 Å². The predicted molar refractivity (Wildman–Crippen MR) is 104 cm³/mol. The normalized spacial score (nSPS) is 15.1. The number of tetrazole rings is 1. The van der Waals surface area contributed by atoms with Crippen LogP contribution in [-0.2, 0) is 6.54 Å². The van der Waals surface area contributed by atoms with Gasteiger partial charge >= 0.3 is 6.03 Å². The number of hydrogen-bond acceptors (Lipinski definition) is 6. The van der Waals surface area contributed by atoms with Crippen molar-refractivity contribution in [3.8, 4) is 5.69 Å². The average molecular weight is 383 g/mol. The van der Waals surface area contributed by atoms with Crippen molar-refractivity contribution in [3.05, 3.63) is 53.2 Å². The first-order chi connectivity index (χ1) is 13.2. The monoisotopic (exact) mass is 383 g/mol. The van der Waals surface area contributed by atoms with Gasteiger partial charge in [0.15, 0.2) is 5.82 Å². The lowest BCUT2D eigenvalue weighted by Gasteiger charge is -2.34. The number of nitrogens with zero attached hydrogens (tertiary/aromatic N) is 6. The van der Waals surface area contributed by atoms with E-state index in [1.54, 1.807) is 4.68 Å². The topological polar surface area (TPSA) is 79.2 Å². The van der Waals surface area contributed by atoms with E-state index in [-0.39, 0.29) is 6.03 Å². The highest BCUT2D eigenvalue weighted by atomic mass is 32.1. The molecule has 4 rings (SSSR count). The summed E-state index contributed by atoms with van der Waals surface area (Å²) in [5.74, 6) is 0.801. The standard InChI is InChI=1S/C18H21N7OS/c1-14-4-6-15(7-5-14)25-16(20-21-22-25)13-23-8-10-24(11-9-23)18(26)19-17-3-2-12-27-17/h2-7,12H,8-11,13H2,1H3,(H,19,26). The molecule has 0 bridgehead atoms. The molecule has 140 valence electrons. The van der Waals surface area contributed by atoms with Crippen molar-refractivity contribution in [2.75, 3.05) is 31.5 Å². The molecule has 8 nitrogen and oxygen atoms in total. The molecule has 2 aromatic heterocycles. The zero-order valence-electron chi connectivity index (χ0n) is 15.1. The highest BCUT2D eigenvalue weighted by molar-refractivity contribution is 7.14. The van der Waals surface area contributed by atoms with E-state index in [0.717, 1.165) is 29.6 Å². The van der Waals surface area contributed by atoms with Crippen LogP contribution >= 0.6 is 11.3 Å². The lowest BCUT2D eigenvalue weighted by atomic mass is 10.2. The summed E-state index contributed by atoms with van der Waals surface area (Å²) >= 11 is 1.52. The molecule has 1 aliphatic rings. The van der Waals surface area contributed by atoms with E-state index in [0.29, 0.717) is 19.6 Å². The molecule has 0 unspecified atom stereocenters. The Hall–Kier alpha value is -2.78. The SMILES string of the molecule is Cc1ccc(-n2nnnc2CN2CCN(C(=O)Nc3cccs3)CC2)cc1. The number of urea groups is 1. The molecule has 27 heavy (non-hydrogen) atoms. The molecule has 0 spiro atoms. The van der Waals surface area contributed by atoms with E-state index in [2.05, 4.69) is 32.7 Å². The number of anilines is 1. The summed E-state index contributed by atoms with van der Waals surface area (Å²) in [6.45, 7) is 5.66. The molecule has 1 saturated heterocycles. The van der Waals surface area contributed by atoms with E-state index in [9.17, 15) is 4.79 Å². The Labute approximate surface area is 161 Å². The van der Waals surface area contributed by atoms with Crippen LogP contribution in [0.4, 0.5) is 9.80 Å². The molecular formula is C18H21N7OS. The minimum atomic E-state index is -0.0402. The fourth-order valence-electron chi connectivity index (χ4n) is 3.03. The maximum Gasteiger partial charge on any atom is 0.322 e. The molecule has 3 aromatic rings. The lowest BCUT2D eigenvalue weighted by molar-refractivity contribution is 0.140. The molecule has 0 atom stereocenters. The van der Waals surface area contributed by atoms with Gasteiger partial charge in [-0.15, -0.1) is 16.4 Å². The molecule has 1 aromatic carbocycles. The van der Waals surface area contributed by atoms with Crippen LogP contribution in [0.25, 0.3) is 5.69 Å². The lowest BCUT2D eigenvalue weighted by Crippen LogP contribution is -2.49. The molecular weight excluding hydrogens is 362 g/mol. The van der Waals surface area contributed by atoms with E-state index in [1.807, 2.05) is 46.7 Å². The van der Waals surface area contributed by atoms with Crippen LogP contribution in [0.3, 0.4) is 0 Å². The van der Waals surface area contributed by atoms with Gasteiger partial charge in [-0.1, -0.05) is 17.7 Å².